The fourth-order valence-electron chi connectivity index (χ4n) is 2.67. The van der Waals surface area contributed by atoms with E-state index in [0.717, 1.165) is 23.8 Å². The summed E-state index contributed by atoms with van der Waals surface area (Å²) in [6.45, 7) is 0.604. The molecule has 2 aliphatic rings. The number of nitrogens with zero attached hydrogens (tertiary/aromatic N) is 1. The highest BCUT2D eigenvalue weighted by molar-refractivity contribution is 6.22. The molecule has 1 unspecified atom stereocenters. The molecule has 0 radical (unpaired) electrons. The van der Waals surface area contributed by atoms with Gasteiger partial charge in [-0.3, -0.25) is 19.3 Å². The monoisotopic (exact) mass is 306 g/mol. The van der Waals surface area contributed by atoms with E-state index in [-0.39, 0.29) is 17.2 Å². The SMILES string of the molecule is O=C(CN1C(=O)c2cccc(F)c2C1=O)NCC1CCCO1. The van der Waals surface area contributed by atoms with Gasteiger partial charge in [-0.05, 0) is 25.0 Å². The third-order valence-corrected chi connectivity index (χ3v) is 3.80. The summed E-state index contributed by atoms with van der Waals surface area (Å²) in [7, 11) is 0. The molecule has 0 bridgehead atoms. The largest absolute Gasteiger partial charge is 0.376 e. The van der Waals surface area contributed by atoms with Crippen molar-refractivity contribution in [1.82, 2.24) is 10.2 Å². The highest BCUT2D eigenvalue weighted by Crippen LogP contribution is 2.24. The normalized spacial score (nSPS) is 20.4. The first-order chi connectivity index (χ1) is 10.6. The first-order valence-electron chi connectivity index (χ1n) is 7.11. The van der Waals surface area contributed by atoms with Gasteiger partial charge >= 0.3 is 0 Å². The van der Waals surface area contributed by atoms with Crippen molar-refractivity contribution < 1.29 is 23.5 Å². The molecule has 6 nitrogen and oxygen atoms in total. The maximum Gasteiger partial charge on any atom is 0.265 e. The van der Waals surface area contributed by atoms with Crippen LogP contribution in [0.1, 0.15) is 33.6 Å². The molecule has 1 saturated heterocycles. The predicted octanol–water partition coefficient (Wildman–Crippen LogP) is 0.717. The van der Waals surface area contributed by atoms with Crippen LogP contribution < -0.4 is 5.32 Å². The van der Waals surface area contributed by atoms with Gasteiger partial charge in [-0.15, -0.1) is 0 Å². The number of carbonyl (C=O) groups excluding carboxylic acids is 3. The van der Waals surface area contributed by atoms with E-state index >= 15 is 0 Å². The average molecular weight is 306 g/mol. The number of ether oxygens (including phenoxy) is 1. The van der Waals surface area contributed by atoms with Gasteiger partial charge in [-0.1, -0.05) is 6.07 Å². The molecular weight excluding hydrogens is 291 g/mol. The molecule has 22 heavy (non-hydrogen) atoms. The van der Waals surface area contributed by atoms with Crippen molar-refractivity contribution in [3.63, 3.8) is 0 Å². The van der Waals surface area contributed by atoms with E-state index in [2.05, 4.69) is 5.32 Å². The number of halogens is 1. The lowest BCUT2D eigenvalue weighted by molar-refractivity contribution is -0.121. The molecule has 1 atom stereocenters. The number of hydrogen-bond donors (Lipinski definition) is 1. The second-order valence-corrected chi connectivity index (χ2v) is 5.30. The lowest BCUT2D eigenvalue weighted by Gasteiger charge is -2.15. The smallest absolute Gasteiger partial charge is 0.265 e. The van der Waals surface area contributed by atoms with Crippen LogP contribution in [0.15, 0.2) is 18.2 Å². The molecule has 0 aromatic heterocycles. The number of rotatable bonds is 4. The van der Waals surface area contributed by atoms with Crippen LogP contribution in [0.25, 0.3) is 0 Å². The Labute approximate surface area is 126 Å². The van der Waals surface area contributed by atoms with Gasteiger partial charge in [-0.2, -0.15) is 0 Å². The third-order valence-electron chi connectivity index (χ3n) is 3.80. The van der Waals surface area contributed by atoms with Crippen LogP contribution in [0, 0.1) is 5.82 Å². The zero-order valence-electron chi connectivity index (χ0n) is 11.8. The van der Waals surface area contributed by atoms with Gasteiger partial charge in [0.05, 0.1) is 17.2 Å². The predicted molar refractivity (Wildman–Crippen MR) is 73.8 cm³/mol. The average Bonchev–Trinajstić information content (AvgIpc) is 3.09. The van der Waals surface area contributed by atoms with Gasteiger partial charge in [0.1, 0.15) is 12.4 Å². The van der Waals surface area contributed by atoms with Gasteiger partial charge in [0.25, 0.3) is 11.8 Å². The number of imide groups is 1. The Kier molecular flexibility index (Phi) is 3.89. The minimum atomic E-state index is -0.773. The van der Waals surface area contributed by atoms with E-state index in [1.165, 1.54) is 12.1 Å². The number of fused-ring (bicyclic) bond motifs is 1. The first-order valence-corrected chi connectivity index (χ1v) is 7.11. The van der Waals surface area contributed by atoms with Crippen molar-refractivity contribution >= 4 is 17.7 Å². The summed E-state index contributed by atoms with van der Waals surface area (Å²) in [6, 6.07) is 3.86. The van der Waals surface area contributed by atoms with Gasteiger partial charge in [0, 0.05) is 13.2 Å². The molecule has 0 spiro atoms. The van der Waals surface area contributed by atoms with Crippen LogP contribution in [0.3, 0.4) is 0 Å². The van der Waals surface area contributed by atoms with Crippen molar-refractivity contribution in [2.45, 2.75) is 18.9 Å². The Morgan fingerprint density at radius 3 is 2.86 bits per heavy atom. The quantitative estimate of drug-likeness (QED) is 0.832. The zero-order valence-corrected chi connectivity index (χ0v) is 11.8. The zero-order chi connectivity index (χ0) is 15.7. The fraction of sp³-hybridized carbons (Fsp3) is 0.400. The lowest BCUT2D eigenvalue weighted by atomic mass is 10.1. The molecule has 3 rings (SSSR count). The molecule has 2 aliphatic heterocycles. The van der Waals surface area contributed by atoms with Crippen LogP contribution in [0.2, 0.25) is 0 Å². The van der Waals surface area contributed by atoms with Crippen molar-refractivity contribution in [2.24, 2.45) is 0 Å². The number of carbonyl (C=O) groups is 3. The molecule has 1 aromatic carbocycles. The highest BCUT2D eigenvalue weighted by atomic mass is 19.1. The maximum atomic E-state index is 13.7. The van der Waals surface area contributed by atoms with Crippen molar-refractivity contribution in [1.29, 1.82) is 0 Å². The maximum absolute atomic E-state index is 13.7. The summed E-state index contributed by atoms with van der Waals surface area (Å²) in [5, 5.41) is 2.63. The summed E-state index contributed by atoms with van der Waals surface area (Å²) in [6.07, 6.45) is 1.81. The third kappa shape index (κ3) is 2.59. The fourth-order valence-corrected chi connectivity index (χ4v) is 2.67. The molecule has 1 aromatic rings. The van der Waals surface area contributed by atoms with Gasteiger partial charge in [0.15, 0.2) is 0 Å². The Bertz CT molecular complexity index is 640. The molecule has 0 saturated carbocycles. The van der Waals surface area contributed by atoms with Crippen LogP contribution >= 0.6 is 0 Å². The molecular formula is C15H15FN2O4. The molecule has 1 fully saturated rings. The second-order valence-electron chi connectivity index (χ2n) is 5.30. The van der Waals surface area contributed by atoms with Crippen molar-refractivity contribution in [3.05, 3.63) is 35.1 Å². The summed E-state index contributed by atoms with van der Waals surface area (Å²) in [5.41, 5.74) is -0.267. The van der Waals surface area contributed by atoms with E-state index in [9.17, 15) is 18.8 Å². The van der Waals surface area contributed by atoms with Crippen LogP contribution in [-0.4, -0.2) is 48.4 Å². The molecule has 0 aliphatic carbocycles. The molecule has 2 heterocycles. The topological polar surface area (TPSA) is 75.7 Å². The second kappa shape index (κ2) is 5.84. The molecule has 3 amide bonds. The number of hydrogen-bond acceptors (Lipinski definition) is 4. The van der Waals surface area contributed by atoms with E-state index in [1.807, 2.05) is 0 Å². The van der Waals surface area contributed by atoms with Gasteiger partial charge in [0.2, 0.25) is 5.91 Å². The van der Waals surface area contributed by atoms with Gasteiger partial charge < -0.3 is 10.1 Å². The van der Waals surface area contributed by atoms with E-state index in [4.69, 9.17) is 4.74 Å². The standard InChI is InChI=1S/C15H15FN2O4/c16-11-5-1-4-10-13(11)15(21)18(14(10)20)8-12(19)17-7-9-3-2-6-22-9/h1,4-5,9H,2-3,6-8H2,(H,17,19). The Balaban J connectivity index is 1.64. The van der Waals surface area contributed by atoms with E-state index in [0.29, 0.717) is 13.2 Å². The number of benzene rings is 1. The van der Waals surface area contributed by atoms with Crippen LogP contribution in [-0.2, 0) is 9.53 Å². The summed E-state index contributed by atoms with van der Waals surface area (Å²) in [5.74, 6) is -2.64. The van der Waals surface area contributed by atoms with Crippen LogP contribution in [0.4, 0.5) is 4.39 Å². The summed E-state index contributed by atoms with van der Waals surface area (Å²) in [4.78, 5) is 36.8. The molecule has 1 N–H and O–H groups in total. The Hall–Kier alpha value is -2.28. The highest BCUT2D eigenvalue weighted by Gasteiger charge is 2.38. The van der Waals surface area contributed by atoms with E-state index in [1.54, 1.807) is 0 Å². The molecule has 7 heteroatoms. The summed E-state index contributed by atoms with van der Waals surface area (Å²) < 4.78 is 19.0. The minimum absolute atomic E-state index is 0.00285. The number of amides is 3. The summed E-state index contributed by atoms with van der Waals surface area (Å²) >= 11 is 0. The van der Waals surface area contributed by atoms with Crippen molar-refractivity contribution in [3.8, 4) is 0 Å². The Morgan fingerprint density at radius 2 is 2.18 bits per heavy atom. The minimum Gasteiger partial charge on any atom is -0.376 e. The lowest BCUT2D eigenvalue weighted by Crippen LogP contribution is -2.42. The van der Waals surface area contributed by atoms with Gasteiger partial charge in [-0.25, -0.2) is 4.39 Å². The molecule has 116 valence electrons. The van der Waals surface area contributed by atoms with E-state index < -0.39 is 30.1 Å². The van der Waals surface area contributed by atoms with Crippen molar-refractivity contribution in [2.75, 3.05) is 19.7 Å². The number of nitrogens with one attached hydrogen (secondary N) is 1. The Morgan fingerprint density at radius 1 is 1.36 bits per heavy atom. The first kappa shape index (κ1) is 14.6. The van der Waals surface area contributed by atoms with Crippen LogP contribution in [0.5, 0.6) is 0 Å².